The van der Waals surface area contributed by atoms with Gasteiger partial charge in [0.05, 0.1) is 5.69 Å². The minimum atomic E-state index is -0.543. The smallest absolute Gasteiger partial charge is 0.271 e. The zero-order valence-electron chi connectivity index (χ0n) is 7.77. The fraction of sp³-hybridized carbons (Fsp3) is 0. The highest BCUT2D eigenvalue weighted by molar-refractivity contribution is 5.95. The largest absolute Gasteiger partial charge is 0.506 e. The summed E-state index contributed by atoms with van der Waals surface area (Å²) in [5.74, 6) is -0.978. The van der Waals surface area contributed by atoms with Crippen molar-refractivity contribution in [2.75, 3.05) is 5.73 Å². The van der Waals surface area contributed by atoms with Crippen molar-refractivity contribution in [3.8, 4) is 5.75 Å². The highest BCUT2D eigenvalue weighted by atomic mass is 16.3. The first-order valence-corrected chi connectivity index (χ1v) is 3.98. The molecule has 0 radical (unpaired) electrons. The van der Waals surface area contributed by atoms with E-state index in [0.717, 1.165) is 0 Å². The van der Waals surface area contributed by atoms with Gasteiger partial charge in [-0.2, -0.15) is 0 Å². The van der Waals surface area contributed by atoms with Crippen molar-refractivity contribution in [2.24, 2.45) is 16.6 Å². The average molecular weight is 209 g/mol. The van der Waals surface area contributed by atoms with Crippen molar-refractivity contribution in [1.29, 1.82) is 0 Å². The van der Waals surface area contributed by atoms with Gasteiger partial charge in [0.15, 0.2) is 0 Å². The molecule has 0 bridgehead atoms. The fourth-order valence-corrected chi connectivity index (χ4v) is 0.865. The van der Waals surface area contributed by atoms with Crippen LogP contribution in [-0.4, -0.2) is 17.0 Å². The van der Waals surface area contributed by atoms with Crippen LogP contribution in [0.2, 0.25) is 0 Å². The molecule has 0 saturated carbocycles. The lowest BCUT2D eigenvalue weighted by Crippen LogP contribution is -2.28. The van der Waals surface area contributed by atoms with E-state index in [0.29, 0.717) is 0 Å². The number of benzene rings is 1. The summed E-state index contributed by atoms with van der Waals surface area (Å²) >= 11 is 0. The molecule has 1 amide bonds. The number of anilines is 1. The molecule has 0 aromatic heterocycles. The number of hydrogen-bond acceptors (Lipinski definition) is 4. The van der Waals surface area contributed by atoms with Crippen LogP contribution in [0, 0.1) is 0 Å². The number of nitrogens with one attached hydrogen (secondary N) is 1. The Morgan fingerprint density at radius 2 is 2.07 bits per heavy atom. The first kappa shape index (κ1) is 10.6. The zero-order valence-corrected chi connectivity index (χ0v) is 7.77. The third-order valence-corrected chi connectivity index (χ3v) is 1.58. The third-order valence-electron chi connectivity index (χ3n) is 1.58. The van der Waals surface area contributed by atoms with Crippen LogP contribution in [0.1, 0.15) is 10.4 Å². The minimum absolute atomic E-state index is 0.174. The van der Waals surface area contributed by atoms with E-state index < -0.39 is 5.91 Å². The van der Waals surface area contributed by atoms with Gasteiger partial charge >= 0.3 is 0 Å². The topological polar surface area (TPSA) is 140 Å². The maximum absolute atomic E-state index is 11.3. The van der Waals surface area contributed by atoms with Gasteiger partial charge in [-0.1, -0.05) is 0 Å². The quantitative estimate of drug-likeness (QED) is 0.138. The van der Waals surface area contributed by atoms with Gasteiger partial charge in [-0.15, -0.1) is 5.10 Å². The molecule has 7 heteroatoms. The number of phenols is 1. The predicted octanol–water partition coefficient (Wildman–Crippen LogP) is -1.11. The number of carbonyl (C=O) groups excluding carboxylic acids is 1. The van der Waals surface area contributed by atoms with Crippen molar-refractivity contribution in [1.82, 2.24) is 5.43 Å². The standard InChI is InChI=1S/C8H11N5O2/c9-5-2-1-4(3-6(5)14)7(15)12-13-8(10)11/h1-3,14H,9H2,(H,12,15)(H4,10,11,13). The Morgan fingerprint density at radius 3 is 2.60 bits per heavy atom. The van der Waals surface area contributed by atoms with Crippen LogP contribution < -0.4 is 22.6 Å². The fourth-order valence-electron chi connectivity index (χ4n) is 0.865. The molecule has 0 aliphatic rings. The van der Waals surface area contributed by atoms with Crippen LogP contribution in [0.5, 0.6) is 5.75 Å². The Balaban J connectivity index is 2.83. The van der Waals surface area contributed by atoms with E-state index in [-0.39, 0.29) is 23.0 Å². The number of hydrazone groups is 1. The van der Waals surface area contributed by atoms with Gasteiger partial charge in [0, 0.05) is 5.56 Å². The molecule has 0 aliphatic heterocycles. The molecule has 80 valence electrons. The second-order valence-electron chi connectivity index (χ2n) is 2.75. The summed E-state index contributed by atoms with van der Waals surface area (Å²) in [5.41, 5.74) is 17.9. The Labute approximate surface area is 85.6 Å². The molecule has 0 spiro atoms. The van der Waals surface area contributed by atoms with Crippen molar-refractivity contribution >= 4 is 17.6 Å². The second kappa shape index (κ2) is 4.18. The molecule has 0 fully saturated rings. The second-order valence-corrected chi connectivity index (χ2v) is 2.75. The molecule has 15 heavy (non-hydrogen) atoms. The van der Waals surface area contributed by atoms with Crippen LogP contribution in [0.3, 0.4) is 0 Å². The van der Waals surface area contributed by atoms with Crippen molar-refractivity contribution in [3.05, 3.63) is 23.8 Å². The van der Waals surface area contributed by atoms with E-state index in [2.05, 4.69) is 10.5 Å². The van der Waals surface area contributed by atoms with E-state index in [1.54, 1.807) is 0 Å². The molecule has 0 atom stereocenters. The van der Waals surface area contributed by atoms with Crippen molar-refractivity contribution in [2.45, 2.75) is 0 Å². The van der Waals surface area contributed by atoms with Crippen molar-refractivity contribution in [3.63, 3.8) is 0 Å². The highest BCUT2D eigenvalue weighted by Gasteiger charge is 2.06. The number of nitrogens with zero attached hydrogens (tertiary/aromatic N) is 1. The van der Waals surface area contributed by atoms with Gasteiger partial charge in [-0.25, -0.2) is 5.43 Å². The summed E-state index contributed by atoms with van der Waals surface area (Å²) < 4.78 is 0. The Morgan fingerprint density at radius 1 is 1.40 bits per heavy atom. The first-order chi connectivity index (χ1) is 7.00. The normalized spacial score (nSPS) is 9.33. The summed E-state index contributed by atoms with van der Waals surface area (Å²) in [7, 11) is 0. The van der Waals surface area contributed by atoms with E-state index in [9.17, 15) is 9.90 Å². The number of rotatable bonds is 2. The lowest BCUT2D eigenvalue weighted by atomic mass is 10.2. The van der Waals surface area contributed by atoms with E-state index in [1.807, 2.05) is 0 Å². The number of guanidine groups is 1. The number of amides is 1. The molecular formula is C8H11N5O2. The molecule has 0 saturated heterocycles. The van der Waals surface area contributed by atoms with E-state index in [4.69, 9.17) is 17.2 Å². The monoisotopic (exact) mass is 209 g/mol. The molecule has 7 nitrogen and oxygen atoms in total. The molecule has 0 unspecified atom stereocenters. The number of nitrogen functional groups attached to an aromatic ring is 1. The summed E-state index contributed by atoms with van der Waals surface area (Å²) in [4.78, 5) is 11.3. The van der Waals surface area contributed by atoms with Crippen LogP contribution in [0.15, 0.2) is 23.3 Å². The van der Waals surface area contributed by atoms with Gasteiger partial charge in [0.2, 0.25) is 5.96 Å². The van der Waals surface area contributed by atoms with Gasteiger partial charge in [0.25, 0.3) is 5.91 Å². The lowest BCUT2D eigenvalue weighted by Gasteiger charge is -2.02. The minimum Gasteiger partial charge on any atom is -0.506 e. The lowest BCUT2D eigenvalue weighted by molar-refractivity contribution is 0.0954. The van der Waals surface area contributed by atoms with Crippen LogP contribution in [0.25, 0.3) is 0 Å². The SMILES string of the molecule is NC(N)=NNC(=O)c1ccc(N)c(O)c1. The molecule has 8 N–H and O–H groups in total. The zero-order chi connectivity index (χ0) is 11.4. The van der Waals surface area contributed by atoms with Crippen molar-refractivity contribution < 1.29 is 9.90 Å². The molecule has 1 rings (SSSR count). The first-order valence-electron chi connectivity index (χ1n) is 3.98. The highest BCUT2D eigenvalue weighted by Crippen LogP contribution is 2.20. The van der Waals surface area contributed by atoms with E-state index >= 15 is 0 Å². The number of nitrogens with two attached hydrogens (primary N) is 3. The summed E-state index contributed by atoms with van der Waals surface area (Å²) in [6, 6.07) is 4.05. The van der Waals surface area contributed by atoms with Crippen LogP contribution in [0.4, 0.5) is 5.69 Å². The summed E-state index contributed by atoms with van der Waals surface area (Å²) in [5, 5.41) is 12.5. The Kier molecular flexibility index (Phi) is 2.97. The average Bonchev–Trinajstić information content (AvgIpc) is 2.18. The number of hydrogen-bond donors (Lipinski definition) is 5. The van der Waals surface area contributed by atoms with Gasteiger partial charge in [-0.3, -0.25) is 4.79 Å². The number of carbonyl (C=O) groups is 1. The molecule has 0 heterocycles. The molecule has 1 aromatic rings. The number of phenolic OH excluding ortho intramolecular Hbond substituents is 1. The van der Waals surface area contributed by atoms with Crippen LogP contribution in [-0.2, 0) is 0 Å². The van der Waals surface area contributed by atoms with Gasteiger partial charge < -0.3 is 22.3 Å². The molecule has 1 aromatic carbocycles. The molecular weight excluding hydrogens is 198 g/mol. The predicted molar refractivity (Wildman–Crippen MR) is 55.8 cm³/mol. The summed E-state index contributed by atoms with van der Waals surface area (Å²) in [6.07, 6.45) is 0. The Hall–Kier alpha value is -2.44. The maximum atomic E-state index is 11.3. The Bertz CT molecular complexity index is 411. The van der Waals surface area contributed by atoms with Crippen LogP contribution >= 0.6 is 0 Å². The van der Waals surface area contributed by atoms with Gasteiger partial charge in [0.1, 0.15) is 5.75 Å². The third kappa shape index (κ3) is 2.76. The maximum Gasteiger partial charge on any atom is 0.271 e. The number of aromatic hydroxyl groups is 1. The van der Waals surface area contributed by atoms with E-state index in [1.165, 1.54) is 18.2 Å². The van der Waals surface area contributed by atoms with Gasteiger partial charge in [-0.05, 0) is 18.2 Å². The molecule has 0 aliphatic carbocycles. The summed E-state index contributed by atoms with van der Waals surface area (Å²) in [6.45, 7) is 0.